The molecule has 7 nitrogen and oxygen atoms in total. The number of hydrogen-bond acceptors (Lipinski definition) is 7. The summed E-state index contributed by atoms with van der Waals surface area (Å²) in [6, 6.07) is 1.93. The van der Waals surface area contributed by atoms with E-state index in [4.69, 9.17) is 10.2 Å². The van der Waals surface area contributed by atoms with E-state index in [1.807, 2.05) is 0 Å². The molecule has 0 aliphatic carbocycles. The van der Waals surface area contributed by atoms with Crippen LogP contribution in [0.15, 0.2) is 16.5 Å². The summed E-state index contributed by atoms with van der Waals surface area (Å²) in [5.74, 6) is -0.173. The number of nitrogen functional groups attached to an aromatic ring is 1. The molecule has 1 saturated heterocycles. The highest BCUT2D eigenvalue weighted by Crippen LogP contribution is 2.34. The molecule has 3 heterocycles. The van der Waals surface area contributed by atoms with Gasteiger partial charge in [-0.15, -0.1) is 5.10 Å². The highest BCUT2D eigenvalue weighted by atomic mass is 19.4. The van der Waals surface area contributed by atoms with E-state index >= 15 is 0 Å². The first-order valence-corrected chi connectivity index (χ1v) is 7.68. The lowest BCUT2D eigenvalue weighted by Gasteiger charge is -2.33. The van der Waals surface area contributed by atoms with Crippen molar-refractivity contribution in [2.24, 2.45) is 0 Å². The van der Waals surface area contributed by atoms with E-state index < -0.39 is 11.9 Å². The average Bonchev–Trinajstić information content (AvgIpc) is 3.00. The molecular formula is C15H16F3N5O2. The molecule has 0 amide bonds. The number of piperidine rings is 1. The number of nitrogens with two attached hydrogens (primary N) is 1. The van der Waals surface area contributed by atoms with E-state index in [9.17, 15) is 18.0 Å². The van der Waals surface area contributed by atoms with Gasteiger partial charge in [0.05, 0.1) is 11.5 Å². The number of nitrogens with zero attached hydrogens (tertiary/aromatic N) is 4. The molecule has 0 saturated carbocycles. The summed E-state index contributed by atoms with van der Waals surface area (Å²) in [5, 5.41) is 7.45. The standard InChI is InChI=1S/C15H16F3N5O2/c1-8(24)10-4-5-11(15(16,17)18)20-12(10)23-6-2-3-9(7-23)13-21-22-14(19)25-13/h4-5,9H,2-3,6-7H2,1H3,(H2,19,22). The van der Waals surface area contributed by atoms with E-state index in [0.29, 0.717) is 25.4 Å². The van der Waals surface area contributed by atoms with Gasteiger partial charge in [0.2, 0.25) is 5.89 Å². The second-order valence-electron chi connectivity index (χ2n) is 5.89. The molecule has 25 heavy (non-hydrogen) atoms. The lowest BCUT2D eigenvalue weighted by atomic mass is 9.97. The lowest BCUT2D eigenvalue weighted by molar-refractivity contribution is -0.141. The molecule has 0 spiro atoms. The Morgan fingerprint density at radius 3 is 2.72 bits per heavy atom. The fourth-order valence-electron chi connectivity index (χ4n) is 2.90. The Kier molecular flexibility index (Phi) is 4.36. The quantitative estimate of drug-likeness (QED) is 0.845. The van der Waals surface area contributed by atoms with Crippen LogP contribution in [0.1, 0.15) is 47.6 Å². The van der Waals surface area contributed by atoms with Crippen LogP contribution in [-0.4, -0.2) is 34.1 Å². The maximum atomic E-state index is 13.0. The number of hydrogen-bond donors (Lipinski definition) is 1. The molecule has 1 atom stereocenters. The number of halogens is 3. The third-order valence-electron chi connectivity index (χ3n) is 4.07. The molecule has 2 aromatic rings. The largest absolute Gasteiger partial charge is 0.433 e. The number of carbonyl (C=O) groups excluding carboxylic acids is 1. The summed E-state index contributed by atoms with van der Waals surface area (Å²) in [6.45, 7) is 2.10. The predicted octanol–water partition coefficient (Wildman–Crippen LogP) is 2.65. The van der Waals surface area contributed by atoms with Gasteiger partial charge in [-0.25, -0.2) is 4.98 Å². The number of anilines is 2. The molecule has 0 bridgehead atoms. The fourth-order valence-corrected chi connectivity index (χ4v) is 2.90. The van der Waals surface area contributed by atoms with Crippen molar-refractivity contribution in [1.29, 1.82) is 0 Å². The van der Waals surface area contributed by atoms with Gasteiger partial charge >= 0.3 is 12.2 Å². The Balaban J connectivity index is 1.94. The normalized spacial score (nSPS) is 18.4. The van der Waals surface area contributed by atoms with Gasteiger partial charge in [0.15, 0.2) is 5.78 Å². The molecule has 1 aliphatic rings. The molecular weight excluding hydrogens is 339 g/mol. The number of alkyl halides is 3. The molecule has 2 N–H and O–H groups in total. The van der Waals surface area contributed by atoms with Gasteiger partial charge < -0.3 is 15.1 Å². The first-order valence-electron chi connectivity index (χ1n) is 7.68. The zero-order chi connectivity index (χ0) is 18.2. The van der Waals surface area contributed by atoms with E-state index in [-0.39, 0.29) is 29.1 Å². The first kappa shape index (κ1) is 17.2. The number of aromatic nitrogens is 3. The Bertz CT molecular complexity index is 790. The zero-order valence-corrected chi connectivity index (χ0v) is 13.4. The van der Waals surface area contributed by atoms with Crippen molar-refractivity contribution in [3.05, 3.63) is 29.3 Å². The number of carbonyl (C=O) groups is 1. The summed E-state index contributed by atoms with van der Waals surface area (Å²) < 4.78 is 44.2. The maximum absolute atomic E-state index is 13.0. The number of ketones is 1. The molecule has 3 rings (SSSR count). The van der Waals surface area contributed by atoms with Gasteiger partial charge in [-0.1, -0.05) is 5.10 Å². The van der Waals surface area contributed by atoms with Crippen LogP contribution in [0.25, 0.3) is 0 Å². The number of Topliss-reactive ketones (excluding diaryl/α,β-unsaturated/α-hetero) is 1. The molecule has 134 valence electrons. The van der Waals surface area contributed by atoms with Crippen LogP contribution in [-0.2, 0) is 6.18 Å². The van der Waals surface area contributed by atoms with Crippen molar-refractivity contribution in [3.8, 4) is 0 Å². The monoisotopic (exact) mass is 355 g/mol. The van der Waals surface area contributed by atoms with Crippen molar-refractivity contribution >= 4 is 17.6 Å². The second-order valence-corrected chi connectivity index (χ2v) is 5.89. The van der Waals surface area contributed by atoms with E-state index in [2.05, 4.69) is 15.2 Å². The molecule has 1 aliphatic heterocycles. The van der Waals surface area contributed by atoms with E-state index in [1.54, 1.807) is 4.90 Å². The summed E-state index contributed by atoms with van der Waals surface area (Å²) in [4.78, 5) is 17.2. The third kappa shape index (κ3) is 3.57. The van der Waals surface area contributed by atoms with Gasteiger partial charge in [-0.2, -0.15) is 13.2 Å². The summed E-state index contributed by atoms with van der Waals surface area (Å²) in [5.41, 5.74) is 4.55. The molecule has 10 heteroatoms. The van der Waals surface area contributed by atoms with Crippen LogP contribution in [0.2, 0.25) is 0 Å². The van der Waals surface area contributed by atoms with Gasteiger partial charge in [-0.3, -0.25) is 4.79 Å². The van der Waals surface area contributed by atoms with Crippen LogP contribution in [0.5, 0.6) is 0 Å². The van der Waals surface area contributed by atoms with Crippen molar-refractivity contribution in [3.63, 3.8) is 0 Å². The van der Waals surface area contributed by atoms with Crippen LogP contribution >= 0.6 is 0 Å². The molecule has 0 aromatic carbocycles. The minimum Gasteiger partial charge on any atom is -0.408 e. The molecule has 1 fully saturated rings. The predicted molar refractivity (Wildman–Crippen MR) is 82.1 cm³/mol. The summed E-state index contributed by atoms with van der Waals surface area (Å²) >= 11 is 0. The maximum Gasteiger partial charge on any atom is 0.433 e. The van der Waals surface area contributed by atoms with Crippen LogP contribution in [0, 0.1) is 0 Å². The molecule has 1 unspecified atom stereocenters. The smallest absolute Gasteiger partial charge is 0.408 e. The van der Waals surface area contributed by atoms with Crippen molar-refractivity contribution in [2.45, 2.75) is 31.9 Å². The zero-order valence-electron chi connectivity index (χ0n) is 13.4. The minimum atomic E-state index is -4.58. The highest BCUT2D eigenvalue weighted by molar-refractivity contribution is 5.98. The highest BCUT2D eigenvalue weighted by Gasteiger charge is 2.35. The average molecular weight is 355 g/mol. The summed E-state index contributed by atoms with van der Waals surface area (Å²) in [7, 11) is 0. The second kappa shape index (κ2) is 6.34. The van der Waals surface area contributed by atoms with Crippen LogP contribution < -0.4 is 10.6 Å². The topological polar surface area (TPSA) is 98.1 Å². The summed E-state index contributed by atoms with van der Waals surface area (Å²) in [6.07, 6.45) is -3.17. The van der Waals surface area contributed by atoms with Gasteiger partial charge in [-0.05, 0) is 31.9 Å². The SMILES string of the molecule is CC(=O)c1ccc(C(F)(F)F)nc1N1CCCC(c2nnc(N)o2)C1. The third-order valence-corrected chi connectivity index (χ3v) is 4.07. The van der Waals surface area contributed by atoms with Gasteiger partial charge in [0.25, 0.3) is 0 Å². The van der Waals surface area contributed by atoms with Crippen molar-refractivity contribution in [2.75, 3.05) is 23.7 Å². The number of rotatable bonds is 3. The first-order chi connectivity index (χ1) is 11.8. The molecule has 0 radical (unpaired) electrons. The Hall–Kier alpha value is -2.65. The van der Waals surface area contributed by atoms with Gasteiger partial charge in [0, 0.05) is 13.1 Å². The molecule has 2 aromatic heterocycles. The van der Waals surface area contributed by atoms with Gasteiger partial charge in [0.1, 0.15) is 11.5 Å². The fraction of sp³-hybridized carbons (Fsp3) is 0.467. The Morgan fingerprint density at radius 1 is 1.36 bits per heavy atom. The number of pyridine rings is 1. The van der Waals surface area contributed by atoms with E-state index in [0.717, 1.165) is 12.5 Å². The minimum absolute atomic E-state index is 0.0273. The van der Waals surface area contributed by atoms with Crippen LogP contribution in [0.3, 0.4) is 0 Å². The van der Waals surface area contributed by atoms with Crippen LogP contribution in [0.4, 0.5) is 25.0 Å². The van der Waals surface area contributed by atoms with E-state index in [1.165, 1.54) is 13.0 Å². The lowest BCUT2D eigenvalue weighted by Crippen LogP contribution is -2.36. The Morgan fingerprint density at radius 2 is 2.12 bits per heavy atom. The van der Waals surface area contributed by atoms with Crippen molar-refractivity contribution in [1.82, 2.24) is 15.2 Å². The Labute approximate surface area is 141 Å². The van der Waals surface area contributed by atoms with Crippen molar-refractivity contribution < 1.29 is 22.4 Å².